The third-order valence-corrected chi connectivity index (χ3v) is 5.25. The molecule has 0 bridgehead atoms. The number of halogens is 2. The topological polar surface area (TPSA) is 161 Å². The molecule has 1 aromatic carbocycles. The molecule has 0 atom stereocenters. The van der Waals surface area contributed by atoms with Crippen LogP contribution in [0, 0.1) is 0 Å². The Kier molecular flexibility index (Phi) is 8.63. The molecule has 3 rings (SSSR count). The third-order valence-electron chi connectivity index (χ3n) is 4.07. The van der Waals surface area contributed by atoms with Crippen molar-refractivity contribution in [3.63, 3.8) is 0 Å². The van der Waals surface area contributed by atoms with Gasteiger partial charge in [0, 0.05) is 6.54 Å². The summed E-state index contributed by atoms with van der Waals surface area (Å²) in [6, 6.07) is 5.22. The summed E-state index contributed by atoms with van der Waals surface area (Å²) in [5, 5.41) is 8.10. The highest BCUT2D eigenvalue weighted by molar-refractivity contribution is 7.46. The van der Waals surface area contributed by atoms with E-state index in [2.05, 4.69) is 24.9 Å². The Labute approximate surface area is 191 Å². The SMILES string of the molecule is O=c1[nH]c(NCc2ccc(Cl)c(Cl)c2)nc2cnn(CCOCCOCOP(=O)(O)O)c12. The largest absolute Gasteiger partial charge is 0.471 e. The summed E-state index contributed by atoms with van der Waals surface area (Å²) in [5.41, 5.74) is 1.23. The van der Waals surface area contributed by atoms with Gasteiger partial charge in [0.1, 0.15) is 5.52 Å². The number of rotatable bonds is 12. The second-order valence-corrected chi connectivity index (χ2v) is 8.43. The van der Waals surface area contributed by atoms with Gasteiger partial charge >= 0.3 is 7.82 Å². The number of phosphoric acid groups is 1. The first-order valence-corrected chi connectivity index (χ1v) is 11.5. The first-order chi connectivity index (χ1) is 15.2. The zero-order valence-electron chi connectivity index (χ0n) is 16.5. The predicted octanol–water partition coefficient (Wildman–Crippen LogP) is 2.14. The van der Waals surface area contributed by atoms with E-state index in [1.165, 1.54) is 10.9 Å². The maximum Gasteiger partial charge on any atom is 0.471 e. The minimum absolute atomic E-state index is 0.0792. The van der Waals surface area contributed by atoms with Crippen LogP contribution in [-0.2, 0) is 31.7 Å². The molecule has 32 heavy (non-hydrogen) atoms. The average molecular weight is 508 g/mol. The van der Waals surface area contributed by atoms with Gasteiger partial charge in [-0.15, -0.1) is 0 Å². The predicted molar refractivity (Wildman–Crippen MR) is 117 cm³/mol. The Morgan fingerprint density at radius 2 is 1.94 bits per heavy atom. The molecule has 15 heteroatoms. The molecule has 0 aliphatic carbocycles. The van der Waals surface area contributed by atoms with Gasteiger partial charge in [0.2, 0.25) is 5.95 Å². The van der Waals surface area contributed by atoms with Crippen molar-refractivity contribution in [2.45, 2.75) is 13.1 Å². The van der Waals surface area contributed by atoms with Crippen LogP contribution in [0.25, 0.3) is 11.0 Å². The van der Waals surface area contributed by atoms with Crippen molar-refractivity contribution >= 4 is 48.0 Å². The van der Waals surface area contributed by atoms with Gasteiger partial charge in [-0.25, -0.2) is 9.55 Å². The molecule has 2 aromatic heterocycles. The molecule has 0 radical (unpaired) electrons. The number of aromatic amines is 1. The third kappa shape index (κ3) is 7.26. The lowest BCUT2D eigenvalue weighted by Crippen LogP contribution is -2.18. The van der Waals surface area contributed by atoms with Gasteiger partial charge in [-0.05, 0) is 17.7 Å². The molecule has 0 spiro atoms. The van der Waals surface area contributed by atoms with Crippen LogP contribution in [0.5, 0.6) is 0 Å². The second kappa shape index (κ2) is 11.2. The first-order valence-electron chi connectivity index (χ1n) is 9.22. The second-order valence-electron chi connectivity index (χ2n) is 6.38. The van der Waals surface area contributed by atoms with E-state index in [-0.39, 0.29) is 25.4 Å². The fraction of sp³-hybridized carbons (Fsp3) is 0.353. The monoisotopic (exact) mass is 507 g/mol. The number of fused-ring (bicyclic) bond motifs is 1. The van der Waals surface area contributed by atoms with E-state index in [1.54, 1.807) is 12.1 Å². The lowest BCUT2D eigenvalue weighted by molar-refractivity contribution is -0.0287. The van der Waals surface area contributed by atoms with Gasteiger partial charge in [0.05, 0.1) is 42.6 Å². The summed E-state index contributed by atoms with van der Waals surface area (Å²) in [7, 11) is -4.55. The fourth-order valence-corrected chi connectivity index (χ4v) is 3.16. The number of phosphoric ester groups is 1. The number of ether oxygens (including phenoxy) is 2. The molecule has 4 N–H and O–H groups in total. The van der Waals surface area contributed by atoms with E-state index in [1.807, 2.05) is 6.07 Å². The zero-order chi connectivity index (χ0) is 23.1. The molecule has 3 aromatic rings. The van der Waals surface area contributed by atoms with Crippen LogP contribution in [-0.4, -0.2) is 56.1 Å². The molecule has 2 heterocycles. The Morgan fingerprint density at radius 1 is 1.16 bits per heavy atom. The number of aromatic nitrogens is 4. The fourth-order valence-electron chi connectivity index (χ4n) is 2.63. The molecule has 0 fully saturated rings. The quantitative estimate of drug-likeness (QED) is 0.162. The van der Waals surface area contributed by atoms with Gasteiger partial charge in [-0.2, -0.15) is 5.10 Å². The zero-order valence-corrected chi connectivity index (χ0v) is 18.9. The van der Waals surface area contributed by atoms with Crippen molar-refractivity contribution in [3.05, 3.63) is 50.4 Å². The molecule has 0 aliphatic rings. The number of hydrogen-bond donors (Lipinski definition) is 4. The number of nitrogens with one attached hydrogen (secondary N) is 2. The minimum Gasteiger partial charge on any atom is -0.377 e. The van der Waals surface area contributed by atoms with E-state index < -0.39 is 14.6 Å². The van der Waals surface area contributed by atoms with Gasteiger partial charge in [0.25, 0.3) is 5.56 Å². The number of nitrogens with zero attached hydrogens (tertiary/aromatic N) is 3. The number of H-pyrrole nitrogens is 1. The first kappa shape index (κ1) is 24.6. The van der Waals surface area contributed by atoms with E-state index in [0.29, 0.717) is 40.1 Å². The highest BCUT2D eigenvalue weighted by atomic mass is 35.5. The molecule has 174 valence electrons. The minimum atomic E-state index is -4.55. The summed E-state index contributed by atoms with van der Waals surface area (Å²) in [5.74, 6) is 0.291. The Hall–Kier alpha value is -2.02. The summed E-state index contributed by atoms with van der Waals surface area (Å²) >= 11 is 11.9. The van der Waals surface area contributed by atoms with E-state index in [4.69, 9.17) is 42.5 Å². The Bertz CT molecular complexity index is 1170. The standard InChI is InChI=1S/C17H20Cl2N5O7P/c18-12-2-1-11(7-13(12)19)8-20-17-22-14-9-21-24(15(14)16(25)23-17)3-4-29-5-6-30-10-31-32(26,27)28/h1-2,7,9H,3-6,8,10H2,(H2,26,27,28)(H2,20,22,23,25). The highest BCUT2D eigenvalue weighted by Crippen LogP contribution is 2.35. The van der Waals surface area contributed by atoms with Crippen molar-refractivity contribution in [1.82, 2.24) is 19.7 Å². The van der Waals surface area contributed by atoms with Crippen molar-refractivity contribution in [2.24, 2.45) is 0 Å². The van der Waals surface area contributed by atoms with E-state index >= 15 is 0 Å². The number of benzene rings is 1. The van der Waals surface area contributed by atoms with Crippen LogP contribution in [0.3, 0.4) is 0 Å². The van der Waals surface area contributed by atoms with Crippen molar-refractivity contribution in [3.8, 4) is 0 Å². The Balaban J connectivity index is 1.49. The lowest BCUT2D eigenvalue weighted by atomic mass is 10.2. The molecule has 0 saturated heterocycles. The maximum atomic E-state index is 12.5. The van der Waals surface area contributed by atoms with Crippen LogP contribution in [0.1, 0.15) is 5.56 Å². The van der Waals surface area contributed by atoms with E-state index in [9.17, 15) is 9.36 Å². The van der Waals surface area contributed by atoms with Crippen molar-refractivity contribution in [2.75, 3.05) is 31.9 Å². The lowest BCUT2D eigenvalue weighted by Gasteiger charge is -2.08. The molecule has 0 unspecified atom stereocenters. The van der Waals surface area contributed by atoms with Gasteiger partial charge in [-0.1, -0.05) is 29.3 Å². The maximum absolute atomic E-state index is 12.5. The molecular formula is C17H20Cl2N5O7P. The summed E-state index contributed by atoms with van der Waals surface area (Å²) in [4.78, 5) is 36.6. The van der Waals surface area contributed by atoms with E-state index in [0.717, 1.165) is 5.56 Å². The molecule has 0 aliphatic heterocycles. The van der Waals surface area contributed by atoms with Crippen molar-refractivity contribution < 1.29 is 28.3 Å². The molecule has 0 amide bonds. The number of hydrogen-bond acceptors (Lipinski definition) is 8. The normalized spacial score (nSPS) is 11.9. The molecule has 0 saturated carbocycles. The van der Waals surface area contributed by atoms with Crippen LogP contribution < -0.4 is 10.9 Å². The van der Waals surface area contributed by atoms with Crippen LogP contribution in [0.4, 0.5) is 5.95 Å². The van der Waals surface area contributed by atoms with Crippen LogP contribution >= 0.6 is 31.0 Å². The van der Waals surface area contributed by atoms with Crippen LogP contribution in [0.15, 0.2) is 29.2 Å². The molecular weight excluding hydrogens is 488 g/mol. The summed E-state index contributed by atoms with van der Waals surface area (Å²) in [6.45, 7) is 0.616. The average Bonchev–Trinajstić information content (AvgIpc) is 3.13. The highest BCUT2D eigenvalue weighted by Gasteiger charge is 2.13. The van der Waals surface area contributed by atoms with Crippen molar-refractivity contribution in [1.29, 1.82) is 0 Å². The Morgan fingerprint density at radius 3 is 2.69 bits per heavy atom. The van der Waals surface area contributed by atoms with Gasteiger partial charge < -0.3 is 24.6 Å². The molecule has 12 nitrogen and oxygen atoms in total. The smallest absolute Gasteiger partial charge is 0.377 e. The summed E-state index contributed by atoms with van der Waals surface area (Å²) < 4.78 is 26.3. The van der Waals surface area contributed by atoms with Gasteiger partial charge in [0.15, 0.2) is 12.3 Å². The van der Waals surface area contributed by atoms with Crippen LogP contribution in [0.2, 0.25) is 10.0 Å². The van der Waals surface area contributed by atoms with Gasteiger partial charge in [-0.3, -0.25) is 19.0 Å². The summed E-state index contributed by atoms with van der Waals surface area (Å²) in [6.07, 6.45) is 1.48. The number of anilines is 1.